The molecule has 2 aromatic rings. The topological polar surface area (TPSA) is 59.1 Å². The fourth-order valence-corrected chi connectivity index (χ4v) is 1.64. The van der Waals surface area contributed by atoms with Crippen LogP contribution in [0.25, 0.3) is 0 Å². The molecule has 1 aromatic carbocycles. The fourth-order valence-electron chi connectivity index (χ4n) is 1.64. The Labute approximate surface area is 92.5 Å². The van der Waals surface area contributed by atoms with Crippen molar-refractivity contribution in [3.63, 3.8) is 0 Å². The van der Waals surface area contributed by atoms with Gasteiger partial charge >= 0.3 is 0 Å². The van der Waals surface area contributed by atoms with E-state index < -0.39 is 0 Å². The highest BCUT2D eigenvalue weighted by molar-refractivity contribution is 5.87. The zero-order valence-corrected chi connectivity index (χ0v) is 8.69. The van der Waals surface area contributed by atoms with Crippen LogP contribution >= 0.6 is 0 Å². The lowest BCUT2D eigenvalue weighted by Gasteiger charge is -2.21. The van der Waals surface area contributed by atoms with Crippen molar-refractivity contribution in [3.05, 3.63) is 30.6 Å². The molecule has 2 heterocycles. The molecule has 80 valence electrons. The van der Waals surface area contributed by atoms with Crippen LogP contribution in [0.2, 0.25) is 0 Å². The van der Waals surface area contributed by atoms with Gasteiger partial charge in [0.1, 0.15) is 5.75 Å². The quantitative estimate of drug-likeness (QED) is 0.650. The van der Waals surface area contributed by atoms with E-state index in [0.717, 1.165) is 28.8 Å². The van der Waals surface area contributed by atoms with E-state index in [-0.39, 0.29) is 0 Å². The molecule has 2 N–H and O–H groups in total. The van der Waals surface area contributed by atoms with E-state index in [4.69, 9.17) is 4.74 Å². The van der Waals surface area contributed by atoms with Gasteiger partial charge in [0.2, 0.25) is 0 Å². The number of nitrogens with one attached hydrogen (secondary N) is 2. The van der Waals surface area contributed by atoms with Gasteiger partial charge in [-0.15, -0.1) is 0 Å². The van der Waals surface area contributed by atoms with Gasteiger partial charge in [-0.1, -0.05) is 0 Å². The third kappa shape index (κ3) is 1.33. The predicted octanol–water partition coefficient (Wildman–Crippen LogP) is 2.29. The first-order chi connectivity index (χ1) is 7.86. The number of fused-ring (bicyclic) bond motifs is 2. The Morgan fingerprint density at radius 1 is 1.00 bits per heavy atom. The molecular formula is C11H10N4O. The highest BCUT2D eigenvalue weighted by Gasteiger charge is 2.15. The zero-order chi connectivity index (χ0) is 11.0. The van der Waals surface area contributed by atoms with Gasteiger partial charge in [-0.05, 0) is 12.1 Å². The van der Waals surface area contributed by atoms with Crippen LogP contribution in [0, 0.1) is 0 Å². The molecule has 1 aliphatic rings. The van der Waals surface area contributed by atoms with Gasteiger partial charge in [-0.3, -0.25) is 0 Å². The van der Waals surface area contributed by atoms with Crippen molar-refractivity contribution in [2.24, 2.45) is 0 Å². The van der Waals surface area contributed by atoms with Crippen molar-refractivity contribution < 1.29 is 4.74 Å². The first-order valence-electron chi connectivity index (χ1n) is 4.90. The summed E-state index contributed by atoms with van der Waals surface area (Å²) < 4.78 is 5.16. The van der Waals surface area contributed by atoms with Crippen LogP contribution in [0.5, 0.6) is 5.75 Å². The lowest BCUT2D eigenvalue weighted by molar-refractivity contribution is 0.415. The van der Waals surface area contributed by atoms with Crippen LogP contribution in [-0.4, -0.2) is 17.1 Å². The van der Waals surface area contributed by atoms with Gasteiger partial charge in [0.15, 0.2) is 11.6 Å². The maximum absolute atomic E-state index is 5.16. The number of methoxy groups -OCH3 is 1. The smallest absolute Gasteiger partial charge is 0.174 e. The summed E-state index contributed by atoms with van der Waals surface area (Å²) in [4.78, 5) is 8.39. The summed E-state index contributed by atoms with van der Waals surface area (Å²) in [5, 5.41) is 6.40. The van der Waals surface area contributed by atoms with Gasteiger partial charge in [0.05, 0.1) is 18.5 Å². The molecule has 5 nitrogen and oxygen atoms in total. The Morgan fingerprint density at radius 2 is 1.69 bits per heavy atom. The molecule has 16 heavy (non-hydrogen) atoms. The summed E-state index contributed by atoms with van der Waals surface area (Å²) >= 11 is 0. The zero-order valence-electron chi connectivity index (χ0n) is 8.69. The summed E-state index contributed by atoms with van der Waals surface area (Å²) in [7, 11) is 1.64. The van der Waals surface area contributed by atoms with Crippen molar-refractivity contribution in [3.8, 4) is 5.75 Å². The van der Waals surface area contributed by atoms with E-state index in [0.29, 0.717) is 0 Å². The minimum atomic E-state index is 0.725. The van der Waals surface area contributed by atoms with E-state index in [1.807, 2.05) is 18.2 Å². The third-order valence-corrected chi connectivity index (χ3v) is 2.43. The first kappa shape index (κ1) is 8.96. The van der Waals surface area contributed by atoms with E-state index in [9.17, 15) is 0 Å². The first-order valence-corrected chi connectivity index (χ1v) is 4.90. The molecular weight excluding hydrogens is 204 g/mol. The minimum Gasteiger partial charge on any atom is -0.497 e. The molecule has 0 bridgehead atoms. The molecule has 5 heteroatoms. The third-order valence-electron chi connectivity index (χ3n) is 2.43. The molecule has 1 aliphatic heterocycles. The summed E-state index contributed by atoms with van der Waals surface area (Å²) in [6.45, 7) is 0. The summed E-state index contributed by atoms with van der Waals surface area (Å²) in [6, 6.07) is 5.76. The molecule has 0 aliphatic carbocycles. The molecule has 0 atom stereocenters. The Hall–Kier alpha value is -2.30. The number of hydrogen-bond acceptors (Lipinski definition) is 5. The van der Waals surface area contributed by atoms with Crippen molar-refractivity contribution in [2.45, 2.75) is 0 Å². The SMILES string of the molecule is COc1ccc2c(c1)Nc1nccnc1N2. The summed E-state index contributed by atoms with van der Waals surface area (Å²) in [5.74, 6) is 2.27. The summed E-state index contributed by atoms with van der Waals surface area (Å²) in [6.07, 6.45) is 3.31. The van der Waals surface area contributed by atoms with E-state index in [1.54, 1.807) is 19.5 Å². The Morgan fingerprint density at radius 3 is 2.38 bits per heavy atom. The Balaban J connectivity index is 2.05. The van der Waals surface area contributed by atoms with E-state index in [2.05, 4.69) is 20.6 Å². The molecule has 0 amide bonds. The van der Waals surface area contributed by atoms with E-state index in [1.165, 1.54) is 0 Å². The standard InChI is InChI=1S/C11H10N4O/c1-16-7-2-3-8-9(6-7)15-11-10(14-8)12-4-5-13-11/h2-6H,1H3,(H,12,14)(H,13,15). The average molecular weight is 214 g/mol. The number of aromatic nitrogens is 2. The number of ether oxygens (including phenoxy) is 1. The fraction of sp³-hybridized carbons (Fsp3) is 0.0909. The second kappa shape index (κ2) is 3.37. The van der Waals surface area contributed by atoms with Gasteiger partial charge < -0.3 is 15.4 Å². The second-order valence-corrected chi connectivity index (χ2v) is 3.42. The molecule has 0 spiro atoms. The highest BCUT2D eigenvalue weighted by atomic mass is 16.5. The van der Waals surface area contributed by atoms with Gasteiger partial charge in [0.25, 0.3) is 0 Å². The molecule has 0 saturated carbocycles. The normalized spacial score (nSPS) is 11.8. The van der Waals surface area contributed by atoms with Gasteiger partial charge in [0, 0.05) is 18.5 Å². The second-order valence-electron chi connectivity index (χ2n) is 3.42. The maximum atomic E-state index is 5.16. The minimum absolute atomic E-state index is 0.725. The van der Waals surface area contributed by atoms with Crippen molar-refractivity contribution in [2.75, 3.05) is 17.7 Å². The lowest BCUT2D eigenvalue weighted by Crippen LogP contribution is -2.09. The monoisotopic (exact) mass is 214 g/mol. The molecule has 0 saturated heterocycles. The Kier molecular flexibility index (Phi) is 1.89. The van der Waals surface area contributed by atoms with Crippen molar-refractivity contribution in [1.29, 1.82) is 0 Å². The van der Waals surface area contributed by atoms with E-state index >= 15 is 0 Å². The number of anilines is 4. The molecule has 0 unspecified atom stereocenters. The lowest BCUT2D eigenvalue weighted by atomic mass is 10.2. The molecule has 0 fully saturated rings. The van der Waals surface area contributed by atoms with Gasteiger partial charge in [-0.2, -0.15) is 0 Å². The largest absolute Gasteiger partial charge is 0.497 e. The highest BCUT2D eigenvalue weighted by Crippen LogP contribution is 2.37. The van der Waals surface area contributed by atoms with Crippen LogP contribution < -0.4 is 15.4 Å². The molecule has 0 radical (unpaired) electrons. The molecule has 3 rings (SSSR count). The number of rotatable bonds is 1. The number of hydrogen-bond donors (Lipinski definition) is 2. The molecule has 1 aromatic heterocycles. The number of nitrogens with zero attached hydrogens (tertiary/aromatic N) is 2. The maximum Gasteiger partial charge on any atom is 0.174 e. The van der Waals surface area contributed by atoms with Crippen molar-refractivity contribution in [1.82, 2.24) is 9.97 Å². The van der Waals surface area contributed by atoms with Crippen LogP contribution in [-0.2, 0) is 0 Å². The average Bonchev–Trinajstić information content (AvgIpc) is 2.35. The van der Waals surface area contributed by atoms with Crippen LogP contribution in [0.15, 0.2) is 30.6 Å². The summed E-state index contributed by atoms with van der Waals surface area (Å²) in [5.41, 5.74) is 1.90. The van der Waals surface area contributed by atoms with Gasteiger partial charge in [-0.25, -0.2) is 9.97 Å². The van der Waals surface area contributed by atoms with Crippen molar-refractivity contribution >= 4 is 23.0 Å². The van der Waals surface area contributed by atoms with Crippen LogP contribution in [0.4, 0.5) is 23.0 Å². The number of benzene rings is 1. The predicted molar refractivity (Wildman–Crippen MR) is 61.6 cm³/mol. The van der Waals surface area contributed by atoms with Crippen LogP contribution in [0.3, 0.4) is 0 Å². The van der Waals surface area contributed by atoms with Crippen LogP contribution in [0.1, 0.15) is 0 Å². The Bertz CT molecular complexity index is 541.